The number of hydrogen-bond donors (Lipinski definition) is 2. The van der Waals surface area contributed by atoms with Crippen LogP contribution in [0, 0.1) is 5.82 Å². The Kier molecular flexibility index (Phi) is 6.11. The lowest BCUT2D eigenvalue weighted by molar-refractivity contribution is -0.129. The molecule has 2 heterocycles. The second-order valence-electron chi connectivity index (χ2n) is 7.77. The van der Waals surface area contributed by atoms with Crippen LogP contribution in [0.15, 0.2) is 53.5 Å². The number of anilines is 1. The molecule has 1 fully saturated rings. The van der Waals surface area contributed by atoms with Crippen molar-refractivity contribution in [3.63, 3.8) is 0 Å². The molecule has 2 aliphatic heterocycles. The second kappa shape index (κ2) is 8.93. The van der Waals surface area contributed by atoms with E-state index in [0.717, 1.165) is 23.5 Å². The number of ether oxygens (including phenoxy) is 1. The molecule has 1 amide bonds. The van der Waals surface area contributed by atoms with Crippen molar-refractivity contribution >= 4 is 17.4 Å². The summed E-state index contributed by atoms with van der Waals surface area (Å²) in [5.74, 6) is 0.411. The fraction of sp³-hybridized carbons (Fsp3) is 0.391. The third-order valence-electron chi connectivity index (χ3n) is 5.83. The second-order valence-corrected chi connectivity index (χ2v) is 7.77. The first-order valence-corrected chi connectivity index (χ1v) is 10.3. The van der Waals surface area contributed by atoms with E-state index >= 15 is 0 Å². The highest BCUT2D eigenvalue weighted by molar-refractivity contribution is 6.04. The molecule has 6 nitrogen and oxygen atoms in total. The van der Waals surface area contributed by atoms with Crippen LogP contribution in [0.3, 0.4) is 0 Å². The van der Waals surface area contributed by atoms with Gasteiger partial charge in [-0.25, -0.2) is 4.39 Å². The van der Waals surface area contributed by atoms with E-state index in [2.05, 4.69) is 16.7 Å². The summed E-state index contributed by atoms with van der Waals surface area (Å²) >= 11 is 0. The van der Waals surface area contributed by atoms with E-state index in [-0.39, 0.29) is 18.1 Å². The van der Waals surface area contributed by atoms with Crippen LogP contribution in [0.25, 0.3) is 0 Å². The third-order valence-corrected chi connectivity index (χ3v) is 5.83. The molecular weight excluding hydrogens is 383 g/mol. The molecule has 1 saturated heterocycles. The number of fused-ring (bicyclic) bond motifs is 1. The third kappa shape index (κ3) is 4.22. The summed E-state index contributed by atoms with van der Waals surface area (Å²) in [7, 11) is 1.66. The Labute approximate surface area is 176 Å². The summed E-state index contributed by atoms with van der Waals surface area (Å²) in [6.07, 6.45) is 0.801. The van der Waals surface area contributed by atoms with E-state index in [4.69, 9.17) is 9.73 Å². The number of methoxy groups -OCH3 is 1. The van der Waals surface area contributed by atoms with Gasteiger partial charge >= 0.3 is 0 Å². The van der Waals surface area contributed by atoms with E-state index in [9.17, 15) is 9.18 Å². The number of hydrogen-bond acceptors (Lipinski definition) is 4. The van der Waals surface area contributed by atoms with Crippen molar-refractivity contribution in [3.8, 4) is 0 Å². The Balaban J connectivity index is 1.55. The lowest BCUT2D eigenvalue weighted by atomic mass is 9.96. The van der Waals surface area contributed by atoms with E-state index in [0.29, 0.717) is 38.3 Å². The molecule has 0 radical (unpaired) electrons. The first-order chi connectivity index (χ1) is 14.6. The zero-order chi connectivity index (χ0) is 21.0. The number of amidine groups is 1. The molecule has 0 saturated carbocycles. The molecule has 1 atom stereocenters. The van der Waals surface area contributed by atoms with Gasteiger partial charge in [0, 0.05) is 32.4 Å². The summed E-state index contributed by atoms with van der Waals surface area (Å²) in [5.41, 5.74) is 2.15. The highest BCUT2D eigenvalue weighted by atomic mass is 19.1. The first-order valence-electron chi connectivity index (χ1n) is 10.3. The molecule has 0 aromatic heterocycles. The van der Waals surface area contributed by atoms with Gasteiger partial charge in [0.05, 0.1) is 25.1 Å². The van der Waals surface area contributed by atoms with Crippen LogP contribution in [0.4, 0.5) is 10.1 Å². The van der Waals surface area contributed by atoms with Crippen molar-refractivity contribution in [2.24, 2.45) is 4.99 Å². The SMILES string of the molecule is COCCN=C1Nc2ccccc2CNC12CCN(C(=O)Cc1ccccc1F)C2. The largest absolute Gasteiger partial charge is 0.383 e. The van der Waals surface area contributed by atoms with Gasteiger partial charge in [-0.1, -0.05) is 36.4 Å². The fourth-order valence-electron chi connectivity index (χ4n) is 4.11. The predicted molar refractivity (Wildman–Crippen MR) is 115 cm³/mol. The van der Waals surface area contributed by atoms with Gasteiger partial charge in [0.25, 0.3) is 0 Å². The van der Waals surface area contributed by atoms with Crippen LogP contribution >= 0.6 is 0 Å². The minimum Gasteiger partial charge on any atom is -0.383 e. The molecule has 0 bridgehead atoms. The molecular formula is C23H27FN4O2. The first kappa shape index (κ1) is 20.5. The molecule has 4 rings (SSSR count). The molecule has 0 aliphatic carbocycles. The minimum atomic E-state index is -0.461. The molecule has 2 aromatic carbocycles. The standard InChI is InChI=1S/C23H27FN4O2/c1-30-13-11-25-22-23(26-15-18-7-3-5-9-20(18)27-22)10-12-28(16-23)21(29)14-17-6-2-4-8-19(17)24/h2-9,26H,10-16H2,1H3,(H,25,27). The number of halogens is 1. The summed E-state index contributed by atoms with van der Waals surface area (Å²) in [4.78, 5) is 19.5. The Hall–Kier alpha value is -2.77. The molecule has 158 valence electrons. The molecule has 1 spiro atoms. The lowest BCUT2D eigenvalue weighted by Gasteiger charge is -2.30. The number of carbonyl (C=O) groups is 1. The highest BCUT2D eigenvalue weighted by Crippen LogP contribution is 2.30. The summed E-state index contributed by atoms with van der Waals surface area (Å²) in [6.45, 7) is 2.84. The minimum absolute atomic E-state index is 0.0621. The van der Waals surface area contributed by atoms with Crippen molar-refractivity contribution in [2.45, 2.75) is 24.9 Å². The van der Waals surface area contributed by atoms with Gasteiger partial charge in [-0.2, -0.15) is 0 Å². The Morgan fingerprint density at radius 3 is 2.87 bits per heavy atom. The zero-order valence-corrected chi connectivity index (χ0v) is 17.2. The van der Waals surface area contributed by atoms with Crippen LogP contribution in [0.2, 0.25) is 0 Å². The molecule has 30 heavy (non-hydrogen) atoms. The van der Waals surface area contributed by atoms with E-state index < -0.39 is 5.54 Å². The van der Waals surface area contributed by atoms with Gasteiger partial charge < -0.3 is 15.0 Å². The topological polar surface area (TPSA) is 66.0 Å². The van der Waals surface area contributed by atoms with Crippen LogP contribution in [-0.4, -0.2) is 55.5 Å². The van der Waals surface area contributed by atoms with Gasteiger partial charge in [0.1, 0.15) is 11.7 Å². The summed E-state index contributed by atoms with van der Waals surface area (Å²) in [5, 5.41) is 7.15. The summed E-state index contributed by atoms with van der Waals surface area (Å²) < 4.78 is 19.2. The molecule has 7 heteroatoms. The van der Waals surface area contributed by atoms with E-state index in [1.54, 1.807) is 25.3 Å². The van der Waals surface area contributed by atoms with Crippen LogP contribution < -0.4 is 10.6 Å². The molecule has 2 aliphatic rings. The normalized spacial score (nSPS) is 22.1. The van der Waals surface area contributed by atoms with Crippen LogP contribution in [0.1, 0.15) is 17.5 Å². The number of amides is 1. The maximum Gasteiger partial charge on any atom is 0.227 e. The Bertz CT molecular complexity index is 948. The Morgan fingerprint density at radius 1 is 1.23 bits per heavy atom. The van der Waals surface area contributed by atoms with Gasteiger partial charge in [-0.3, -0.25) is 15.1 Å². The van der Waals surface area contributed by atoms with Crippen molar-refractivity contribution in [1.82, 2.24) is 10.2 Å². The highest BCUT2D eigenvalue weighted by Gasteiger charge is 2.45. The fourth-order valence-corrected chi connectivity index (χ4v) is 4.11. The molecule has 2 aromatic rings. The quantitative estimate of drug-likeness (QED) is 0.744. The number of para-hydroxylation sites is 1. The van der Waals surface area contributed by atoms with Gasteiger partial charge in [0.15, 0.2) is 0 Å². The smallest absolute Gasteiger partial charge is 0.227 e. The average Bonchev–Trinajstić information content (AvgIpc) is 3.13. The van der Waals surface area contributed by atoms with Gasteiger partial charge in [0.2, 0.25) is 5.91 Å². The maximum absolute atomic E-state index is 14.0. The number of carbonyl (C=O) groups excluding carboxylic acids is 1. The average molecular weight is 410 g/mol. The van der Waals surface area contributed by atoms with Crippen molar-refractivity contribution in [3.05, 3.63) is 65.5 Å². The van der Waals surface area contributed by atoms with E-state index in [1.165, 1.54) is 6.07 Å². The van der Waals surface area contributed by atoms with Gasteiger partial charge in [-0.05, 0) is 29.7 Å². The van der Waals surface area contributed by atoms with Crippen LogP contribution in [-0.2, 0) is 22.5 Å². The predicted octanol–water partition coefficient (Wildman–Crippen LogP) is 2.60. The number of rotatable bonds is 5. The number of nitrogens with zero attached hydrogens (tertiary/aromatic N) is 2. The van der Waals surface area contributed by atoms with Gasteiger partial charge in [-0.15, -0.1) is 0 Å². The number of aliphatic imine (C=N–C) groups is 1. The van der Waals surface area contributed by atoms with Crippen molar-refractivity contribution in [1.29, 1.82) is 0 Å². The number of benzene rings is 2. The van der Waals surface area contributed by atoms with Crippen molar-refractivity contribution in [2.75, 3.05) is 38.7 Å². The van der Waals surface area contributed by atoms with Crippen molar-refractivity contribution < 1.29 is 13.9 Å². The van der Waals surface area contributed by atoms with E-state index in [1.807, 2.05) is 23.1 Å². The molecule has 2 N–H and O–H groups in total. The zero-order valence-electron chi connectivity index (χ0n) is 17.2. The molecule has 1 unspecified atom stereocenters. The number of nitrogens with one attached hydrogen (secondary N) is 2. The monoisotopic (exact) mass is 410 g/mol. The Morgan fingerprint density at radius 2 is 2.03 bits per heavy atom. The summed E-state index contributed by atoms with van der Waals surface area (Å²) in [6, 6.07) is 14.6. The number of likely N-dealkylation sites (tertiary alicyclic amines) is 1. The maximum atomic E-state index is 14.0. The van der Waals surface area contributed by atoms with Crippen LogP contribution in [0.5, 0.6) is 0 Å². The lowest BCUT2D eigenvalue weighted by Crippen LogP contribution is -2.55.